The van der Waals surface area contributed by atoms with E-state index in [-0.39, 0.29) is 0 Å². The van der Waals surface area contributed by atoms with Gasteiger partial charge in [0.25, 0.3) is 0 Å². The Balaban J connectivity index is 1.45. The van der Waals surface area contributed by atoms with Crippen LogP contribution in [0.2, 0.25) is 0 Å². The van der Waals surface area contributed by atoms with Gasteiger partial charge in [0.2, 0.25) is 11.8 Å². The number of rotatable bonds is 5. The molecule has 3 aromatic rings. The molecule has 0 bridgehead atoms. The van der Waals surface area contributed by atoms with E-state index in [1.54, 1.807) is 0 Å². The summed E-state index contributed by atoms with van der Waals surface area (Å²) in [6.07, 6.45) is 2.36. The molecule has 1 aliphatic heterocycles. The Morgan fingerprint density at radius 3 is 2.76 bits per heavy atom. The molecule has 3 heterocycles. The van der Waals surface area contributed by atoms with Crippen molar-refractivity contribution >= 4 is 5.95 Å². The Morgan fingerprint density at radius 2 is 2.00 bits per heavy atom. The number of anilines is 1. The quantitative estimate of drug-likeness (QED) is 0.710. The minimum absolute atomic E-state index is 0.495. The number of benzene rings is 1. The SMILES string of the molecule is CC1CCN(c2nnc(Cc3nc(Cc4ccccc4)no3)n2C)C1. The Hall–Kier alpha value is -2.70. The molecule has 2 aromatic heterocycles. The van der Waals surface area contributed by atoms with Gasteiger partial charge in [-0.2, -0.15) is 4.98 Å². The maximum atomic E-state index is 5.39. The molecule has 1 fully saturated rings. The molecular weight excluding hydrogens is 316 g/mol. The first-order valence-electron chi connectivity index (χ1n) is 8.67. The molecule has 4 rings (SSSR count). The zero-order chi connectivity index (χ0) is 17.2. The van der Waals surface area contributed by atoms with Gasteiger partial charge in [0.15, 0.2) is 5.82 Å². The van der Waals surface area contributed by atoms with E-state index in [0.717, 1.165) is 24.9 Å². The van der Waals surface area contributed by atoms with Crippen molar-refractivity contribution in [3.8, 4) is 0 Å². The normalized spacial score (nSPS) is 17.4. The minimum Gasteiger partial charge on any atom is -0.341 e. The lowest BCUT2D eigenvalue weighted by Crippen LogP contribution is -2.22. The van der Waals surface area contributed by atoms with Crippen molar-refractivity contribution < 1.29 is 4.52 Å². The zero-order valence-corrected chi connectivity index (χ0v) is 14.6. The third-order valence-corrected chi connectivity index (χ3v) is 4.67. The fourth-order valence-corrected chi connectivity index (χ4v) is 3.25. The number of hydrogen-bond donors (Lipinski definition) is 0. The Kier molecular flexibility index (Phi) is 4.21. The van der Waals surface area contributed by atoms with Crippen LogP contribution in [-0.4, -0.2) is 38.0 Å². The smallest absolute Gasteiger partial charge is 0.234 e. The molecule has 1 aliphatic rings. The predicted molar refractivity (Wildman–Crippen MR) is 93.3 cm³/mol. The summed E-state index contributed by atoms with van der Waals surface area (Å²) >= 11 is 0. The van der Waals surface area contributed by atoms with E-state index in [1.165, 1.54) is 12.0 Å². The fourth-order valence-electron chi connectivity index (χ4n) is 3.25. The van der Waals surface area contributed by atoms with Gasteiger partial charge >= 0.3 is 0 Å². The van der Waals surface area contributed by atoms with Gasteiger partial charge in [-0.1, -0.05) is 42.4 Å². The summed E-state index contributed by atoms with van der Waals surface area (Å²) in [4.78, 5) is 6.78. The number of nitrogens with zero attached hydrogens (tertiary/aromatic N) is 6. The average molecular weight is 338 g/mol. The second-order valence-electron chi connectivity index (χ2n) is 6.76. The second kappa shape index (κ2) is 6.66. The van der Waals surface area contributed by atoms with Crippen molar-refractivity contribution in [1.29, 1.82) is 0 Å². The zero-order valence-electron chi connectivity index (χ0n) is 14.6. The van der Waals surface area contributed by atoms with Crippen LogP contribution >= 0.6 is 0 Å². The van der Waals surface area contributed by atoms with E-state index in [2.05, 4.69) is 44.3 Å². The van der Waals surface area contributed by atoms with E-state index >= 15 is 0 Å². The first kappa shape index (κ1) is 15.8. The molecule has 0 amide bonds. The lowest BCUT2D eigenvalue weighted by molar-refractivity contribution is 0.377. The molecule has 0 radical (unpaired) electrons. The summed E-state index contributed by atoms with van der Waals surface area (Å²) in [6, 6.07) is 10.1. The Bertz CT molecular complexity index is 840. The van der Waals surface area contributed by atoms with Gasteiger partial charge in [0.1, 0.15) is 5.82 Å². The predicted octanol–water partition coefficient (Wildman–Crippen LogP) is 2.23. The molecule has 7 nitrogen and oxygen atoms in total. The van der Waals surface area contributed by atoms with Crippen LogP contribution in [0.25, 0.3) is 0 Å². The fraction of sp³-hybridized carbons (Fsp3) is 0.444. The first-order chi connectivity index (χ1) is 12.2. The van der Waals surface area contributed by atoms with Crippen molar-refractivity contribution in [1.82, 2.24) is 24.9 Å². The molecule has 0 saturated carbocycles. The minimum atomic E-state index is 0.495. The third-order valence-electron chi connectivity index (χ3n) is 4.67. The molecular formula is C18H22N6O. The molecule has 1 saturated heterocycles. The lowest BCUT2D eigenvalue weighted by Gasteiger charge is -2.16. The number of hydrogen-bond acceptors (Lipinski definition) is 6. The molecule has 1 aromatic carbocycles. The summed E-state index contributed by atoms with van der Waals surface area (Å²) in [5.74, 6) is 3.73. The van der Waals surface area contributed by atoms with Crippen LogP contribution in [0.4, 0.5) is 5.95 Å². The summed E-state index contributed by atoms with van der Waals surface area (Å²) < 4.78 is 7.42. The molecule has 0 N–H and O–H groups in total. The molecule has 0 aliphatic carbocycles. The molecule has 130 valence electrons. The second-order valence-corrected chi connectivity index (χ2v) is 6.76. The van der Waals surface area contributed by atoms with Crippen LogP contribution in [0.3, 0.4) is 0 Å². The van der Waals surface area contributed by atoms with Gasteiger partial charge in [-0.15, -0.1) is 10.2 Å². The van der Waals surface area contributed by atoms with E-state index < -0.39 is 0 Å². The van der Waals surface area contributed by atoms with Crippen LogP contribution in [0.1, 0.15) is 36.4 Å². The highest BCUT2D eigenvalue weighted by molar-refractivity contribution is 5.33. The van der Waals surface area contributed by atoms with Crippen molar-refractivity contribution in [3.05, 3.63) is 53.4 Å². The Morgan fingerprint density at radius 1 is 1.16 bits per heavy atom. The van der Waals surface area contributed by atoms with Crippen LogP contribution in [-0.2, 0) is 19.9 Å². The van der Waals surface area contributed by atoms with Crippen molar-refractivity contribution in [2.75, 3.05) is 18.0 Å². The van der Waals surface area contributed by atoms with Crippen LogP contribution in [0.5, 0.6) is 0 Å². The largest absolute Gasteiger partial charge is 0.341 e. The van der Waals surface area contributed by atoms with Crippen molar-refractivity contribution in [2.45, 2.75) is 26.2 Å². The van der Waals surface area contributed by atoms with Crippen molar-refractivity contribution in [3.63, 3.8) is 0 Å². The molecule has 1 unspecified atom stereocenters. The van der Waals surface area contributed by atoms with Crippen LogP contribution in [0, 0.1) is 5.92 Å². The van der Waals surface area contributed by atoms with E-state index in [9.17, 15) is 0 Å². The van der Waals surface area contributed by atoms with E-state index in [1.807, 2.05) is 29.8 Å². The molecule has 25 heavy (non-hydrogen) atoms. The summed E-state index contributed by atoms with van der Waals surface area (Å²) in [5, 5.41) is 12.7. The highest BCUT2D eigenvalue weighted by Crippen LogP contribution is 2.22. The molecule has 0 spiro atoms. The van der Waals surface area contributed by atoms with E-state index in [0.29, 0.717) is 30.5 Å². The monoisotopic (exact) mass is 338 g/mol. The third kappa shape index (κ3) is 3.40. The van der Waals surface area contributed by atoms with Gasteiger partial charge < -0.3 is 9.42 Å². The molecule has 7 heteroatoms. The highest BCUT2D eigenvalue weighted by Gasteiger charge is 2.24. The lowest BCUT2D eigenvalue weighted by atomic mass is 10.1. The topological polar surface area (TPSA) is 72.9 Å². The van der Waals surface area contributed by atoms with Gasteiger partial charge in [0, 0.05) is 26.6 Å². The number of aromatic nitrogens is 5. The summed E-state index contributed by atoms with van der Waals surface area (Å²) in [7, 11) is 1.99. The van der Waals surface area contributed by atoms with Gasteiger partial charge in [-0.25, -0.2) is 0 Å². The van der Waals surface area contributed by atoms with Gasteiger partial charge in [-0.3, -0.25) is 4.57 Å². The van der Waals surface area contributed by atoms with Crippen molar-refractivity contribution in [2.24, 2.45) is 13.0 Å². The maximum Gasteiger partial charge on any atom is 0.234 e. The van der Waals surface area contributed by atoms with Crippen LogP contribution < -0.4 is 4.90 Å². The van der Waals surface area contributed by atoms with Gasteiger partial charge in [0.05, 0.1) is 6.42 Å². The maximum absolute atomic E-state index is 5.39. The average Bonchev–Trinajstić information content (AvgIpc) is 3.31. The van der Waals surface area contributed by atoms with E-state index in [4.69, 9.17) is 4.52 Å². The first-order valence-corrected chi connectivity index (χ1v) is 8.67. The summed E-state index contributed by atoms with van der Waals surface area (Å²) in [6.45, 7) is 4.34. The highest BCUT2D eigenvalue weighted by atomic mass is 16.5. The summed E-state index contributed by atoms with van der Waals surface area (Å²) in [5.41, 5.74) is 1.17. The van der Waals surface area contributed by atoms with Gasteiger partial charge in [-0.05, 0) is 17.9 Å². The Labute approximate surface area is 146 Å². The molecule has 1 atom stereocenters. The van der Waals surface area contributed by atoms with Crippen LogP contribution in [0.15, 0.2) is 34.9 Å². The standard InChI is InChI=1S/C18H22N6O/c1-13-8-9-24(12-13)18-21-20-16(23(18)2)11-17-19-15(22-25-17)10-14-6-4-3-5-7-14/h3-7,13H,8-12H2,1-2H3.